The average Bonchev–Trinajstić information content (AvgIpc) is 3.08. The molecule has 2 aromatic heterocycles. The lowest BCUT2D eigenvalue weighted by Crippen LogP contribution is -2.50. The zero-order valence-corrected chi connectivity index (χ0v) is 16.8. The molecule has 0 bridgehead atoms. The first-order valence-corrected chi connectivity index (χ1v) is 9.13. The Labute approximate surface area is 174 Å². The molecule has 2 N–H and O–H groups in total. The van der Waals surface area contributed by atoms with Crippen molar-refractivity contribution in [1.29, 1.82) is 5.26 Å². The Hall–Kier alpha value is -2.89. The van der Waals surface area contributed by atoms with Crippen LogP contribution >= 0.6 is 12.4 Å². The van der Waals surface area contributed by atoms with E-state index in [0.717, 1.165) is 28.4 Å². The maximum Gasteiger partial charge on any atom is 0.206 e. The number of nitrogens with two attached hydrogens (primary N) is 1. The summed E-state index contributed by atoms with van der Waals surface area (Å²) in [6.07, 6.45) is 0.941. The largest absolute Gasteiger partial charge is 0.497 e. The number of hydrogen-bond acceptors (Lipinski definition) is 6. The van der Waals surface area contributed by atoms with Gasteiger partial charge in [0.05, 0.1) is 42.0 Å². The van der Waals surface area contributed by atoms with E-state index < -0.39 is 12.2 Å². The van der Waals surface area contributed by atoms with Crippen molar-refractivity contribution in [3.8, 4) is 11.8 Å². The monoisotopic (exact) mass is 416 g/mol. The van der Waals surface area contributed by atoms with E-state index in [1.807, 2.05) is 33.7 Å². The van der Waals surface area contributed by atoms with E-state index in [1.165, 1.54) is 0 Å². The quantitative estimate of drug-likeness (QED) is 0.702. The van der Waals surface area contributed by atoms with Gasteiger partial charge in [-0.2, -0.15) is 5.26 Å². The fourth-order valence-corrected chi connectivity index (χ4v) is 3.50. The van der Waals surface area contributed by atoms with E-state index >= 15 is 0 Å². The van der Waals surface area contributed by atoms with Crippen LogP contribution in [0.25, 0.3) is 11.0 Å². The van der Waals surface area contributed by atoms with Gasteiger partial charge in [0.2, 0.25) is 5.95 Å². The highest BCUT2D eigenvalue weighted by Gasteiger charge is 2.29. The van der Waals surface area contributed by atoms with Gasteiger partial charge in [-0.1, -0.05) is 0 Å². The number of hydrogen-bond donors (Lipinski definition) is 1. The topological polar surface area (TPSA) is 93.0 Å². The molecule has 9 heteroatoms. The highest BCUT2D eigenvalue weighted by molar-refractivity contribution is 5.85. The van der Waals surface area contributed by atoms with Crippen molar-refractivity contribution in [2.75, 3.05) is 25.1 Å². The minimum Gasteiger partial charge on any atom is -0.497 e. The SMILES string of the molecule is COc1ccc2nc(N3CC[C@@H](F)[C@H](N)C3)n(Cc3ccc(C#N)cn3)c2c1.Cl. The van der Waals surface area contributed by atoms with Crippen LogP contribution in [0.5, 0.6) is 5.75 Å². The van der Waals surface area contributed by atoms with Crippen molar-refractivity contribution < 1.29 is 9.13 Å². The summed E-state index contributed by atoms with van der Waals surface area (Å²) in [6.45, 7) is 1.42. The zero-order chi connectivity index (χ0) is 19.7. The molecule has 0 amide bonds. The first kappa shape index (κ1) is 20.8. The fraction of sp³-hybridized carbons (Fsp3) is 0.350. The third-order valence-electron chi connectivity index (χ3n) is 5.06. The Balaban J connectivity index is 0.00000240. The summed E-state index contributed by atoms with van der Waals surface area (Å²) < 4.78 is 21.3. The molecule has 29 heavy (non-hydrogen) atoms. The van der Waals surface area contributed by atoms with Crippen LogP contribution in [0.15, 0.2) is 36.5 Å². The van der Waals surface area contributed by atoms with Gasteiger partial charge < -0.3 is 19.9 Å². The highest BCUT2D eigenvalue weighted by Crippen LogP contribution is 2.29. The molecule has 0 spiro atoms. The Morgan fingerprint density at radius 2 is 2.17 bits per heavy atom. The summed E-state index contributed by atoms with van der Waals surface area (Å²) in [7, 11) is 1.62. The minimum atomic E-state index is -0.991. The fourth-order valence-electron chi connectivity index (χ4n) is 3.50. The van der Waals surface area contributed by atoms with Crippen LogP contribution < -0.4 is 15.4 Å². The molecule has 152 valence electrons. The predicted octanol–water partition coefficient (Wildman–Crippen LogP) is 2.66. The van der Waals surface area contributed by atoms with Crippen molar-refractivity contribution in [3.05, 3.63) is 47.8 Å². The second-order valence-electron chi connectivity index (χ2n) is 6.92. The van der Waals surface area contributed by atoms with E-state index in [9.17, 15) is 4.39 Å². The normalized spacial score (nSPS) is 18.9. The van der Waals surface area contributed by atoms with Crippen LogP contribution in [0.3, 0.4) is 0 Å². The van der Waals surface area contributed by atoms with E-state index in [2.05, 4.69) is 11.1 Å². The number of methoxy groups -OCH3 is 1. The van der Waals surface area contributed by atoms with Crippen molar-refractivity contribution in [3.63, 3.8) is 0 Å². The summed E-state index contributed by atoms with van der Waals surface area (Å²) in [5.74, 6) is 1.46. The molecule has 3 heterocycles. The molecule has 7 nitrogen and oxygen atoms in total. The Bertz CT molecular complexity index is 1030. The maximum atomic E-state index is 13.9. The smallest absolute Gasteiger partial charge is 0.206 e. The van der Waals surface area contributed by atoms with E-state index in [1.54, 1.807) is 19.4 Å². The number of imidazole rings is 1. The number of benzene rings is 1. The average molecular weight is 417 g/mol. The number of nitriles is 1. The number of alkyl halides is 1. The molecule has 2 atom stereocenters. The van der Waals surface area contributed by atoms with Crippen molar-refractivity contribution in [1.82, 2.24) is 14.5 Å². The molecule has 3 aromatic rings. The number of nitrogens with zero attached hydrogens (tertiary/aromatic N) is 5. The van der Waals surface area contributed by atoms with E-state index in [4.69, 9.17) is 20.7 Å². The zero-order valence-electron chi connectivity index (χ0n) is 16.0. The third-order valence-corrected chi connectivity index (χ3v) is 5.06. The van der Waals surface area contributed by atoms with Gasteiger partial charge >= 0.3 is 0 Å². The number of aromatic nitrogens is 3. The molecule has 4 rings (SSSR count). The summed E-state index contributed by atoms with van der Waals surface area (Å²) in [5, 5.41) is 8.98. The summed E-state index contributed by atoms with van der Waals surface area (Å²) in [4.78, 5) is 11.2. The van der Waals surface area contributed by atoms with Crippen LogP contribution in [0.1, 0.15) is 17.7 Å². The summed E-state index contributed by atoms with van der Waals surface area (Å²) in [5.41, 5.74) is 8.99. The van der Waals surface area contributed by atoms with E-state index in [-0.39, 0.29) is 12.4 Å². The molecule has 1 saturated heterocycles. The van der Waals surface area contributed by atoms with Gasteiger partial charge in [-0.05, 0) is 30.7 Å². The van der Waals surface area contributed by atoms with Crippen LogP contribution in [0.4, 0.5) is 10.3 Å². The Morgan fingerprint density at radius 1 is 1.34 bits per heavy atom. The van der Waals surface area contributed by atoms with E-state index in [0.29, 0.717) is 31.6 Å². The second kappa shape index (κ2) is 8.64. The predicted molar refractivity (Wildman–Crippen MR) is 111 cm³/mol. The van der Waals surface area contributed by atoms with Crippen LogP contribution in [0.2, 0.25) is 0 Å². The number of pyridine rings is 1. The number of fused-ring (bicyclic) bond motifs is 1. The van der Waals surface area contributed by atoms with Crippen molar-refractivity contribution >= 4 is 29.4 Å². The molecule has 0 aliphatic carbocycles. The number of halogens is 2. The molecule has 0 unspecified atom stereocenters. The van der Waals surface area contributed by atoms with Crippen LogP contribution in [-0.2, 0) is 6.54 Å². The second-order valence-corrected chi connectivity index (χ2v) is 6.92. The van der Waals surface area contributed by atoms with Crippen LogP contribution in [-0.4, -0.2) is 46.9 Å². The molecule has 0 saturated carbocycles. The van der Waals surface area contributed by atoms with Crippen molar-refractivity contribution in [2.45, 2.75) is 25.2 Å². The molecular formula is C20H22ClFN6O. The van der Waals surface area contributed by atoms with Crippen molar-refractivity contribution in [2.24, 2.45) is 5.73 Å². The lowest BCUT2D eigenvalue weighted by Gasteiger charge is -2.34. The van der Waals surface area contributed by atoms with Gasteiger partial charge in [-0.15, -0.1) is 12.4 Å². The third kappa shape index (κ3) is 4.11. The Morgan fingerprint density at radius 3 is 2.83 bits per heavy atom. The van der Waals surface area contributed by atoms with Gasteiger partial charge in [-0.25, -0.2) is 9.37 Å². The number of ether oxygens (including phenoxy) is 1. The molecule has 0 radical (unpaired) electrons. The van der Waals surface area contributed by atoms with Gasteiger partial charge in [0.15, 0.2) is 0 Å². The molecular weight excluding hydrogens is 395 g/mol. The molecule has 1 fully saturated rings. The molecule has 1 aromatic carbocycles. The van der Waals surface area contributed by atoms with Crippen LogP contribution in [0, 0.1) is 11.3 Å². The highest BCUT2D eigenvalue weighted by atomic mass is 35.5. The number of piperidine rings is 1. The number of anilines is 1. The lowest BCUT2D eigenvalue weighted by molar-refractivity contribution is 0.243. The van der Waals surface area contributed by atoms with Gasteiger partial charge in [0, 0.05) is 25.4 Å². The Kier molecular flexibility index (Phi) is 6.20. The first-order chi connectivity index (χ1) is 13.6. The molecule has 1 aliphatic rings. The molecule has 1 aliphatic heterocycles. The standard InChI is InChI=1S/C20H21FN6O.ClH/c1-28-15-4-5-18-19(8-15)27(11-14-3-2-13(9-22)10-24-14)20(25-18)26-7-6-16(21)17(23)12-26;/h2-5,8,10,16-17H,6-7,11-12,23H2,1H3;1H/t16-,17-;/m1./s1. The lowest BCUT2D eigenvalue weighted by atomic mass is 10.1. The van der Waals surface area contributed by atoms with Gasteiger partial charge in [-0.3, -0.25) is 4.98 Å². The van der Waals surface area contributed by atoms with Gasteiger partial charge in [0.25, 0.3) is 0 Å². The maximum absolute atomic E-state index is 13.9. The summed E-state index contributed by atoms with van der Waals surface area (Å²) >= 11 is 0. The first-order valence-electron chi connectivity index (χ1n) is 9.13. The van der Waals surface area contributed by atoms with Gasteiger partial charge in [0.1, 0.15) is 18.0 Å². The number of rotatable bonds is 4. The minimum absolute atomic E-state index is 0. The summed E-state index contributed by atoms with van der Waals surface area (Å²) in [6, 6.07) is 10.8.